The number of thiazole rings is 1. The zero-order valence-corrected chi connectivity index (χ0v) is 15.8. The zero-order valence-electron chi connectivity index (χ0n) is 13.4. The second-order valence-electron chi connectivity index (χ2n) is 5.71. The van der Waals surface area contributed by atoms with Gasteiger partial charge in [0.2, 0.25) is 0 Å². The van der Waals surface area contributed by atoms with Gasteiger partial charge in [-0.05, 0) is 24.6 Å². The molecule has 2 aromatic carbocycles. The van der Waals surface area contributed by atoms with Gasteiger partial charge in [0, 0.05) is 10.0 Å². The summed E-state index contributed by atoms with van der Waals surface area (Å²) in [5, 5.41) is 5.53. The van der Waals surface area contributed by atoms with Crippen LogP contribution in [-0.2, 0) is 6.54 Å². The molecule has 4 rings (SSSR count). The summed E-state index contributed by atoms with van der Waals surface area (Å²) < 4.78 is 3.36. The van der Waals surface area contributed by atoms with Crippen LogP contribution in [0.25, 0.3) is 21.5 Å². The number of hydrogen-bond donors (Lipinski definition) is 0. The maximum absolute atomic E-state index is 12.8. The Bertz CT molecular complexity index is 1100. The van der Waals surface area contributed by atoms with Crippen molar-refractivity contribution in [1.29, 1.82) is 0 Å². The van der Waals surface area contributed by atoms with Crippen LogP contribution in [0.15, 0.2) is 63.9 Å². The Morgan fingerprint density at radius 2 is 1.80 bits per heavy atom. The third kappa shape index (κ3) is 3.15. The lowest BCUT2D eigenvalue weighted by atomic mass is 10.1. The average molecular weight is 412 g/mol. The lowest BCUT2D eigenvalue weighted by Crippen LogP contribution is -2.24. The van der Waals surface area contributed by atoms with E-state index in [9.17, 15) is 4.79 Å². The molecule has 4 aromatic rings. The van der Waals surface area contributed by atoms with Crippen molar-refractivity contribution in [3.05, 3.63) is 80.0 Å². The maximum Gasteiger partial charge on any atom is 0.294 e. The van der Waals surface area contributed by atoms with E-state index < -0.39 is 0 Å². The normalized spacial score (nSPS) is 11.1. The van der Waals surface area contributed by atoms with Crippen LogP contribution in [0, 0.1) is 6.92 Å². The fourth-order valence-corrected chi connectivity index (χ4v) is 3.90. The van der Waals surface area contributed by atoms with E-state index in [-0.39, 0.29) is 5.56 Å². The Balaban J connectivity index is 1.91. The number of halogens is 1. The van der Waals surface area contributed by atoms with Crippen molar-refractivity contribution in [2.45, 2.75) is 13.5 Å². The van der Waals surface area contributed by atoms with E-state index in [2.05, 4.69) is 26.0 Å². The molecule has 25 heavy (non-hydrogen) atoms. The molecule has 2 aromatic heterocycles. The molecule has 2 heterocycles. The molecular formula is C19H14BrN3OS. The Morgan fingerprint density at radius 1 is 1.08 bits per heavy atom. The number of aryl methyl sites for hydroxylation is 1. The molecule has 4 nitrogen and oxygen atoms in total. The minimum Gasteiger partial charge on any atom is -0.265 e. The highest BCUT2D eigenvalue weighted by molar-refractivity contribution is 9.10. The Kier molecular flexibility index (Phi) is 4.23. The quantitative estimate of drug-likeness (QED) is 0.493. The van der Waals surface area contributed by atoms with E-state index in [0.717, 1.165) is 31.0 Å². The van der Waals surface area contributed by atoms with E-state index in [0.29, 0.717) is 12.1 Å². The summed E-state index contributed by atoms with van der Waals surface area (Å²) in [6.45, 7) is 2.33. The van der Waals surface area contributed by atoms with Gasteiger partial charge in [0.05, 0.1) is 16.3 Å². The largest absolute Gasteiger partial charge is 0.294 e. The summed E-state index contributed by atoms with van der Waals surface area (Å²) in [4.78, 5) is 17.3. The third-order valence-corrected chi connectivity index (χ3v) is 5.41. The molecule has 0 aliphatic heterocycles. The summed E-state index contributed by atoms with van der Waals surface area (Å²) in [5.74, 6) is 0. The topological polar surface area (TPSA) is 47.8 Å². The van der Waals surface area contributed by atoms with Crippen molar-refractivity contribution in [2.75, 3.05) is 0 Å². The predicted octanol–water partition coefficient (Wildman–Crippen LogP) is 4.64. The lowest BCUT2D eigenvalue weighted by Gasteiger charge is -2.09. The zero-order chi connectivity index (χ0) is 17.4. The second kappa shape index (κ2) is 6.54. The Hall–Kier alpha value is -2.31. The molecule has 6 heteroatoms. The van der Waals surface area contributed by atoms with Gasteiger partial charge >= 0.3 is 0 Å². The maximum atomic E-state index is 12.8. The van der Waals surface area contributed by atoms with Crippen LogP contribution in [-0.4, -0.2) is 14.8 Å². The molecule has 0 saturated heterocycles. The van der Waals surface area contributed by atoms with Gasteiger partial charge in [0.15, 0.2) is 5.52 Å². The molecule has 0 bridgehead atoms. The van der Waals surface area contributed by atoms with Crippen molar-refractivity contribution in [3.8, 4) is 11.3 Å². The van der Waals surface area contributed by atoms with Gasteiger partial charge in [0.25, 0.3) is 5.56 Å². The highest BCUT2D eigenvalue weighted by Crippen LogP contribution is 2.29. The van der Waals surface area contributed by atoms with Gasteiger partial charge in [-0.1, -0.05) is 58.4 Å². The van der Waals surface area contributed by atoms with Crippen LogP contribution in [0.3, 0.4) is 0 Å². The summed E-state index contributed by atoms with van der Waals surface area (Å²) in [6, 6.07) is 17.8. The van der Waals surface area contributed by atoms with E-state index in [4.69, 9.17) is 0 Å². The number of fused-ring (bicyclic) bond motifs is 1. The summed E-state index contributed by atoms with van der Waals surface area (Å²) in [7, 11) is 0. The van der Waals surface area contributed by atoms with Crippen molar-refractivity contribution in [2.24, 2.45) is 0 Å². The first-order chi connectivity index (χ1) is 12.1. The van der Waals surface area contributed by atoms with Gasteiger partial charge in [0.1, 0.15) is 5.69 Å². The van der Waals surface area contributed by atoms with Crippen LogP contribution in [0.5, 0.6) is 0 Å². The van der Waals surface area contributed by atoms with Crippen molar-refractivity contribution < 1.29 is 0 Å². The SMILES string of the molecule is Cc1nc2c(=O)n(Cc3ccc(Br)cc3)nc(-c3ccccc3)c2s1. The molecule has 0 unspecified atom stereocenters. The molecule has 0 aliphatic carbocycles. The standard InChI is InChI=1S/C19H14BrN3OS/c1-12-21-17-18(25-12)16(14-5-3-2-4-6-14)22-23(19(17)24)11-13-7-9-15(20)10-8-13/h2-10H,11H2,1H3. The minimum atomic E-state index is -0.151. The monoisotopic (exact) mass is 411 g/mol. The van der Waals surface area contributed by atoms with Crippen LogP contribution in [0.2, 0.25) is 0 Å². The van der Waals surface area contributed by atoms with Crippen molar-refractivity contribution in [1.82, 2.24) is 14.8 Å². The summed E-state index contributed by atoms with van der Waals surface area (Å²) in [6.07, 6.45) is 0. The number of benzene rings is 2. The molecule has 0 N–H and O–H groups in total. The van der Waals surface area contributed by atoms with E-state index in [1.54, 1.807) is 0 Å². The third-order valence-electron chi connectivity index (χ3n) is 3.90. The van der Waals surface area contributed by atoms with Crippen LogP contribution >= 0.6 is 27.3 Å². The van der Waals surface area contributed by atoms with Gasteiger partial charge in [-0.25, -0.2) is 9.67 Å². The number of hydrogen-bond acceptors (Lipinski definition) is 4. The van der Waals surface area contributed by atoms with Crippen molar-refractivity contribution >= 4 is 37.5 Å². The first-order valence-electron chi connectivity index (χ1n) is 7.80. The Labute approximate surface area is 156 Å². The van der Waals surface area contributed by atoms with E-state index in [1.165, 1.54) is 16.0 Å². The summed E-state index contributed by atoms with van der Waals surface area (Å²) >= 11 is 4.94. The first kappa shape index (κ1) is 16.2. The predicted molar refractivity (Wildman–Crippen MR) is 105 cm³/mol. The molecular weight excluding hydrogens is 398 g/mol. The smallest absolute Gasteiger partial charge is 0.265 e. The van der Waals surface area contributed by atoms with E-state index in [1.807, 2.05) is 61.5 Å². The molecule has 0 saturated carbocycles. The fourth-order valence-electron chi connectivity index (χ4n) is 2.72. The Morgan fingerprint density at radius 3 is 2.52 bits per heavy atom. The molecule has 0 spiro atoms. The molecule has 0 atom stereocenters. The van der Waals surface area contributed by atoms with Crippen LogP contribution in [0.1, 0.15) is 10.6 Å². The summed E-state index contributed by atoms with van der Waals surface area (Å²) in [5.41, 5.74) is 3.15. The van der Waals surface area contributed by atoms with E-state index >= 15 is 0 Å². The second-order valence-corrected chi connectivity index (χ2v) is 7.83. The van der Waals surface area contributed by atoms with Gasteiger partial charge in [-0.15, -0.1) is 11.3 Å². The molecule has 124 valence electrons. The number of nitrogens with zero attached hydrogens (tertiary/aromatic N) is 3. The van der Waals surface area contributed by atoms with Gasteiger partial charge in [-0.3, -0.25) is 4.79 Å². The van der Waals surface area contributed by atoms with Crippen molar-refractivity contribution in [3.63, 3.8) is 0 Å². The lowest BCUT2D eigenvalue weighted by molar-refractivity contribution is 0.650. The highest BCUT2D eigenvalue weighted by Gasteiger charge is 2.16. The first-order valence-corrected chi connectivity index (χ1v) is 9.41. The number of rotatable bonds is 3. The van der Waals surface area contributed by atoms with Gasteiger partial charge in [-0.2, -0.15) is 5.10 Å². The minimum absolute atomic E-state index is 0.151. The molecule has 0 aliphatic rings. The molecule has 0 fully saturated rings. The fraction of sp³-hybridized carbons (Fsp3) is 0.105. The molecule has 0 amide bonds. The number of aromatic nitrogens is 3. The average Bonchev–Trinajstić information content (AvgIpc) is 3.02. The molecule has 0 radical (unpaired) electrons. The van der Waals surface area contributed by atoms with Crippen LogP contribution < -0.4 is 5.56 Å². The highest BCUT2D eigenvalue weighted by atomic mass is 79.9. The van der Waals surface area contributed by atoms with Gasteiger partial charge < -0.3 is 0 Å². The van der Waals surface area contributed by atoms with Crippen LogP contribution in [0.4, 0.5) is 0 Å².